The van der Waals surface area contributed by atoms with Gasteiger partial charge in [-0.2, -0.15) is 0 Å². The molecule has 2 heteroatoms. The second kappa shape index (κ2) is 13.3. The number of para-hydroxylation sites is 2. The zero-order valence-corrected chi connectivity index (χ0v) is 27.6. The normalized spacial score (nSPS) is 19.0. The fourth-order valence-electron chi connectivity index (χ4n) is 6.82. The van der Waals surface area contributed by atoms with Gasteiger partial charge in [0, 0.05) is 11.1 Å². The summed E-state index contributed by atoms with van der Waals surface area (Å²) in [6.45, 7) is 15.7. The van der Waals surface area contributed by atoms with Crippen molar-refractivity contribution in [2.24, 2.45) is 5.92 Å². The largest absolute Gasteiger partial charge is 0.456 e. The van der Waals surface area contributed by atoms with Crippen molar-refractivity contribution in [3.8, 4) is 23.0 Å². The van der Waals surface area contributed by atoms with E-state index in [0.29, 0.717) is 5.92 Å². The predicted octanol–water partition coefficient (Wildman–Crippen LogP) is 12.4. The molecule has 1 aliphatic carbocycles. The molecule has 1 aliphatic rings. The molecule has 0 saturated heterocycles. The molecule has 228 valence electrons. The zero-order chi connectivity index (χ0) is 31.3. The van der Waals surface area contributed by atoms with Gasteiger partial charge in [0.25, 0.3) is 0 Å². The Kier molecular flexibility index (Phi) is 9.49. The molecule has 4 aromatic carbocycles. The molecule has 2 nitrogen and oxygen atoms in total. The minimum atomic E-state index is 0.0847. The average Bonchev–Trinajstić information content (AvgIpc) is 3.01. The van der Waals surface area contributed by atoms with E-state index in [9.17, 15) is 0 Å². The lowest BCUT2D eigenvalue weighted by Crippen LogP contribution is -2.37. The molecular weight excluding hydrogens is 536 g/mol. The first kappa shape index (κ1) is 31.4. The Bertz CT molecular complexity index is 1650. The van der Waals surface area contributed by atoms with E-state index >= 15 is 0 Å². The smallest absolute Gasteiger partial charge is 0.134 e. The van der Waals surface area contributed by atoms with E-state index in [2.05, 4.69) is 95.3 Å². The highest BCUT2D eigenvalue weighted by Gasteiger charge is 2.39. The highest BCUT2D eigenvalue weighted by atomic mass is 16.5. The molecule has 0 atom stereocenters. The number of hydrogen-bond donors (Lipinski definition) is 0. The third kappa shape index (κ3) is 6.70. The standard InChI is InChI=1S/C42H48O2/c1-8-14-32-16-10-12-18-39(32)43-37-22-20-35(28-30(37)3)41(5,6)34-24-26-42(7,27-25-34)36-21-23-38(31(4)29-36)44-40-19-13-11-17-33(40)15-9-2/h8-23,28-29,34H,24-27H2,1-7H3. The van der Waals surface area contributed by atoms with Gasteiger partial charge in [-0.25, -0.2) is 0 Å². The number of ether oxygens (including phenoxy) is 2. The van der Waals surface area contributed by atoms with E-state index in [0.717, 1.165) is 34.1 Å². The minimum Gasteiger partial charge on any atom is -0.456 e. The van der Waals surface area contributed by atoms with Crippen LogP contribution in [-0.2, 0) is 10.8 Å². The summed E-state index contributed by atoms with van der Waals surface area (Å²) in [5.74, 6) is 4.26. The predicted molar refractivity (Wildman–Crippen MR) is 187 cm³/mol. The maximum Gasteiger partial charge on any atom is 0.134 e. The lowest BCUT2D eigenvalue weighted by molar-refractivity contribution is 0.178. The Morgan fingerprint density at radius 1 is 0.659 bits per heavy atom. The molecule has 0 spiro atoms. The van der Waals surface area contributed by atoms with Crippen LogP contribution in [0.15, 0.2) is 97.1 Å². The second-order valence-electron chi connectivity index (χ2n) is 13.3. The van der Waals surface area contributed by atoms with E-state index in [1.54, 1.807) is 0 Å². The Morgan fingerprint density at radius 3 is 1.66 bits per heavy atom. The Morgan fingerprint density at radius 2 is 1.16 bits per heavy atom. The zero-order valence-electron chi connectivity index (χ0n) is 27.6. The molecule has 4 aromatic rings. The molecule has 1 fully saturated rings. The van der Waals surface area contributed by atoms with Crippen LogP contribution in [0.1, 0.15) is 93.7 Å². The van der Waals surface area contributed by atoms with Gasteiger partial charge in [-0.3, -0.25) is 0 Å². The van der Waals surface area contributed by atoms with Crippen molar-refractivity contribution in [1.82, 2.24) is 0 Å². The molecule has 0 bridgehead atoms. The minimum absolute atomic E-state index is 0.0847. The van der Waals surface area contributed by atoms with Crippen molar-refractivity contribution in [1.29, 1.82) is 0 Å². The number of hydrogen-bond acceptors (Lipinski definition) is 2. The van der Waals surface area contributed by atoms with Gasteiger partial charge in [0.2, 0.25) is 0 Å². The van der Waals surface area contributed by atoms with Crippen molar-refractivity contribution in [3.63, 3.8) is 0 Å². The monoisotopic (exact) mass is 584 g/mol. The lowest BCUT2D eigenvalue weighted by atomic mass is 9.60. The number of rotatable bonds is 9. The third-order valence-corrected chi connectivity index (χ3v) is 9.87. The van der Waals surface area contributed by atoms with Crippen LogP contribution in [0.25, 0.3) is 12.2 Å². The van der Waals surface area contributed by atoms with E-state index < -0.39 is 0 Å². The van der Waals surface area contributed by atoms with E-state index in [4.69, 9.17) is 9.47 Å². The van der Waals surface area contributed by atoms with E-state index in [-0.39, 0.29) is 10.8 Å². The first-order chi connectivity index (χ1) is 21.1. The first-order valence-electron chi connectivity index (χ1n) is 16.2. The van der Waals surface area contributed by atoms with Crippen molar-refractivity contribution >= 4 is 12.2 Å². The molecule has 0 aromatic heterocycles. The van der Waals surface area contributed by atoms with Gasteiger partial charge in [-0.05, 0) is 117 Å². The molecule has 0 radical (unpaired) electrons. The molecule has 0 N–H and O–H groups in total. The van der Waals surface area contributed by atoms with Crippen LogP contribution in [0.4, 0.5) is 0 Å². The van der Waals surface area contributed by atoms with Gasteiger partial charge in [-0.1, -0.05) is 106 Å². The first-order valence-corrected chi connectivity index (χ1v) is 16.2. The summed E-state index contributed by atoms with van der Waals surface area (Å²) in [4.78, 5) is 0. The topological polar surface area (TPSA) is 18.5 Å². The van der Waals surface area contributed by atoms with Crippen molar-refractivity contribution in [2.75, 3.05) is 0 Å². The van der Waals surface area contributed by atoms with Gasteiger partial charge in [-0.15, -0.1) is 0 Å². The van der Waals surface area contributed by atoms with Crippen LogP contribution in [0.2, 0.25) is 0 Å². The Labute approximate surface area is 265 Å². The molecule has 0 unspecified atom stereocenters. The van der Waals surface area contributed by atoms with Gasteiger partial charge >= 0.3 is 0 Å². The summed E-state index contributed by atoms with van der Waals surface area (Å²) in [6, 6.07) is 30.0. The Balaban J connectivity index is 1.27. The van der Waals surface area contributed by atoms with Crippen LogP contribution in [0.5, 0.6) is 23.0 Å². The third-order valence-electron chi connectivity index (χ3n) is 9.87. The van der Waals surface area contributed by atoms with Crippen LogP contribution < -0.4 is 9.47 Å². The van der Waals surface area contributed by atoms with Crippen LogP contribution in [-0.4, -0.2) is 0 Å². The fourth-order valence-corrected chi connectivity index (χ4v) is 6.82. The number of aryl methyl sites for hydroxylation is 2. The van der Waals surface area contributed by atoms with E-state index in [1.807, 2.05) is 62.4 Å². The van der Waals surface area contributed by atoms with Crippen molar-refractivity contribution in [3.05, 3.63) is 130 Å². The van der Waals surface area contributed by atoms with Gasteiger partial charge in [0.15, 0.2) is 0 Å². The lowest BCUT2D eigenvalue weighted by Gasteiger charge is -2.44. The fraction of sp³-hybridized carbons (Fsp3) is 0.333. The molecule has 1 saturated carbocycles. The molecule has 5 rings (SSSR count). The Hall–Kier alpha value is -4.04. The van der Waals surface area contributed by atoms with E-state index in [1.165, 1.54) is 47.9 Å². The van der Waals surface area contributed by atoms with Crippen LogP contribution >= 0.6 is 0 Å². The van der Waals surface area contributed by atoms with Crippen molar-refractivity contribution < 1.29 is 9.47 Å². The molecule has 0 amide bonds. The molecular formula is C42H48O2. The SMILES string of the molecule is CC=Cc1ccccc1Oc1ccc(C2(C)CCC(C(C)(C)c3ccc(Oc4ccccc4C=CC)c(C)c3)CC2)cc1C. The summed E-state index contributed by atoms with van der Waals surface area (Å²) in [6.07, 6.45) is 13.1. The van der Waals surface area contributed by atoms with Crippen molar-refractivity contribution in [2.45, 2.75) is 85.0 Å². The van der Waals surface area contributed by atoms with Gasteiger partial charge < -0.3 is 9.47 Å². The molecule has 0 heterocycles. The van der Waals surface area contributed by atoms with Crippen LogP contribution in [0.3, 0.4) is 0 Å². The number of benzene rings is 4. The second-order valence-corrected chi connectivity index (χ2v) is 13.3. The summed E-state index contributed by atoms with van der Waals surface area (Å²) in [5.41, 5.74) is 7.64. The quantitative estimate of drug-likeness (QED) is 0.195. The van der Waals surface area contributed by atoms with Gasteiger partial charge in [0.05, 0.1) is 0 Å². The highest BCUT2D eigenvalue weighted by molar-refractivity contribution is 5.59. The highest BCUT2D eigenvalue weighted by Crippen LogP contribution is 2.49. The maximum absolute atomic E-state index is 6.39. The van der Waals surface area contributed by atoms with Gasteiger partial charge in [0.1, 0.15) is 23.0 Å². The summed E-state index contributed by atoms with van der Waals surface area (Å²) in [5, 5.41) is 0. The summed E-state index contributed by atoms with van der Waals surface area (Å²) < 4.78 is 12.8. The van der Waals surface area contributed by atoms with Crippen LogP contribution in [0, 0.1) is 19.8 Å². The maximum atomic E-state index is 6.39. The number of allylic oxidation sites excluding steroid dienone is 2. The summed E-state index contributed by atoms with van der Waals surface area (Å²) >= 11 is 0. The average molecular weight is 585 g/mol. The molecule has 0 aliphatic heterocycles. The summed E-state index contributed by atoms with van der Waals surface area (Å²) in [7, 11) is 0. The molecule has 44 heavy (non-hydrogen) atoms.